The van der Waals surface area contributed by atoms with Gasteiger partial charge in [0.15, 0.2) is 0 Å². The number of rotatable bonds is 9. The minimum Gasteiger partial charge on any atom is -0.493 e. The molecular weight excluding hydrogens is 247 g/mol. The predicted octanol–water partition coefficient (Wildman–Crippen LogP) is 4.26. The van der Waals surface area contributed by atoms with Crippen molar-refractivity contribution in [3.8, 4) is 5.75 Å². The van der Waals surface area contributed by atoms with Gasteiger partial charge in [-0.2, -0.15) is 0 Å². The number of carboxylic acid groups (broad SMARTS) is 1. The van der Waals surface area contributed by atoms with Crippen LogP contribution in [0.5, 0.6) is 5.75 Å². The number of ether oxygens (including phenoxy) is 1. The first kappa shape index (κ1) is 15.5. The summed E-state index contributed by atoms with van der Waals surface area (Å²) < 4.78 is 18.4. The largest absolute Gasteiger partial charge is 0.493 e. The van der Waals surface area contributed by atoms with Crippen LogP contribution >= 0.6 is 0 Å². The third-order valence-electron chi connectivity index (χ3n) is 2.93. The quantitative estimate of drug-likeness (QED) is 0.680. The fourth-order valence-electron chi connectivity index (χ4n) is 1.86. The Labute approximate surface area is 113 Å². The molecule has 0 saturated heterocycles. The van der Waals surface area contributed by atoms with Gasteiger partial charge in [0, 0.05) is 6.07 Å². The second-order valence-electron chi connectivity index (χ2n) is 4.56. The maximum Gasteiger partial charge on any atom is 0.339 e. The lowest BCUT2D eigenvalue weighted by Gasteiger charge is -2.09. The molecular formula is C15H21FO3. The van der Waals surface area contributed by atoms with Gasteiger partial charge in [0.2, 0.25) is 0 Å². The third kappa shape index (κ3) is 5.73. The summed E-state index contributed by atoms with van der Waals surface area (Å²) in [6.45, 7) is 2.59. The van der Waals surface area contributed by atoms with Crippen LogP contribution in [0.4, 0.5) is 4.39 Å². The summed E-state index contributed by atoms with van der Waals surface area (Å²) in [7, 11) is 0. The molecule has 0 radical (unpaired) electrons. The Hall–Kier alpha value is -1.58. The van der Waals surface area contributed by atoms with Gasteiger partial charge in [0.25, 0.3) is 0 Å². The average Bonchev–Trinajstić information content (AvgIpc) is 2.37. The van der Waals surface area contributed by atoms with Gasteiger partial charge in [-0.3, -0.25) is 0 Å². The Morgan fingerprint density at radius 2 is 1.89 bits per heavy atom. The molecule has 0 unspecified atom stereocenters. The number of carboxylic acids is 1. The van der Waals surface area contributed by atoms with E-state index in [4.69, 9.17) is 9.84 Å². The lowest BCUT2D eigenvalue weighted by atomic mass is 10.1. The minimum absolute atomic E-state index is 0.00684. The summed E-state index contributed by atoms with van der Waals surface area (Å²) in [6.07, 6.45) is 6.75. The second kappa shape index (κ2) is 8.51. The normalized spacial score (nSPS) is 10.4. The molecule has 106 valence electrons. The molecule has 1 aromatic rings. The highest BCUT2D eigenvalue weighted by Gasteiger charge is 2.11. The van der Waals surface area contributed by atoms with Crippen LogP contribution in [-0.2, 0) is 0 Å². The van der Waals surface area contributed by atoms with Gasteiger partial charge in [-0.1, -0.05) is 39.0 Å². The molecule has 1 N–H and O–H groups in total. The number of hydrogen-bond donors (Lipinski definition) is 1. The van der Waals surface area contributed by atoms with E-state index in [1.54, 1.807) is 0 Å². The van der Waals surface area contributed by atoms with Crippen molar-refractivity contribution in [2.24, 2.45) is 0 Å². The smallest absolute Gasteiger partial charge is 0.339 e. The van der Waals surface area contributed by atoms with E-state index in [1.807, 2.05) is 0 Å². The van der Waals surface area contributed by atoms with E-state index in [-0.39, 0.29) is 11.3 Å². The Balaban J connectivity index is 2.36. The van der Waals surface area contributed by atoms with Crippen LogP contribution in [0.25, 0.3) is 0 Å². The molecule has 0 aromatic heterocycles. The second-order valence-corrected chi connectivity index (χ2v) is 4.56. The van der Waals surface area contributed by atoms with Crippen molar-refractivity contribution in [2.75, 3.05) is 6.61 Å². The van der Waals surface area contributed by atoms with Gasteiger partial charge in [-0.05, 0) is 18.6 Å². The molecule has 4 heteroatoms. The van der Waals surface area contributed by atoms with Crippen LogP contribution in [0.1, 0.15) is 55.8 Å². The summed E-state index contributed by atoms with van der Waals surface area (Å²) in [6, 6.07) is 3.48. The van der Waals surface area contributed by atoms with Gasteiger partial charge >= 0.3 is 5.97 Å². The fraction of sp³-hybridized carbons (Fsp3) is 0.533. The van der Waals surface area contributed by atoms with Gasteiger partial charge in [-0.15, -0.1) is 0 Å². The number of hydrogen-bond acceptors (Lipinski definition) is 2. The summed E-state index contributed by atoms with van der Waals surface area (Å²) >= 11 is 0. The SMILES string of the molecule is CCCCCCCCOc1cc(F)ccc1C(=O)O. The van der Waals surface area contributed by atoms with Crippen LogP contribution in [-0.4, -0.2) is 17.7 Å². The standard InChI is InChI=1S/C15H21FO3/c1-2-3-4-5-6-7-10-19-14-11-12(16)8-9-13(14)15(17)18/h8-9,11H,2-7,10H2,1H3,(H,17,18). The molecule has 0 bridgehead atoms. The van der Waals surface area contributed by atoms with Crippen molar-refractivity contribution in [1.29, 1.82) is 0 Å². The molecule has 0 saturated carbocycles. The zero-order chi connectivity index (χ0) is 14.1. The molecule has 0 fully saturated rings. The average molecular weight is 268 g/mol. The Morgan fingerprint density at radius 3 is 2.58 bits per heavy atom. The number of aromatic carboxylic acids is 1. The summed E-state index contributed by atoms with van der Waals surface area (Å²) in [5.74, 6) is -1.47. The number of benzene rings is 1. The van der Waals surface area contributed by atoms with Gasteiger partial charge in [-0.25, -0.2) is 9.18 Å². The number of carbonyl (C=O) groups is 1. The molecule has 1 aromatic carbocycles. The Kier molecular flexibility index (Phi) is 6.93. The highest BCUT2D eigenvalue weighted by molar-refractivity contribution is 5.90. The Morgan fingerprint density at radius 1 is 1.21 bits per heavy atom. The summed E-state index contributed by atoms with van der Waals surface area (Å²) in [5.41, 5.74) is 0.00684. The molecule has 1 rings (SSSR count). The fourth-order valence-corrected chi connectivity index (χ4v) is 1.86. The van der Waals surface area contributed by atoms with E-state index in [0.29, 0.717) is 6.61 Å². The molecule has 3 nitrogen and oxygen atoms in total. The summed E-state index contributed by atoms with van der Waals surface area (Å²) in [5, 5.41) is 8.95. The minimum atomic E-state index is -1.10. The molecule has 0 spiro atoms. The van der Waals surface area contributed by atoms with Crippen LogP contribution in [0.3, 0.4) is 0 Å². The lowest BCUT2D eigenvalue weighted by molar-refractivity contribution is 0.0692. The van der Waals surface area contributed by atoms with Crippen LogP contribution < -0.4 is 4.74 Å². The van der Waals surface area contributed by atoms with E-state index >= 15 is 0 Å². The molecule has 0 aliphatic carbocycles. The number of unbranched alkanes of at least 4 members (excludes halogenated alkanes) is 5. The number of halogens is 1. The van der Waals surface area contributed by atoms with Crippen molar-refractivity contribution in [1.82, 2.24) is 0 Å². The molecule has 0 heterocycles. The van der Waals surface area contributed by atoms with Gasteiger partial charge < -0.3 is 9.84 Å². The van der Waals surface area contributed by atoms with Crippen molar-refractivity contribution in [3.05, 3.63) is 29.6 Å². The van der Waals surface area contributed by atoms with E-state index < -0.39 is 11.8 Å². The van der Waals surface area contributed by atoms with Crippen molar-refractivity contribution in [2.45, 2.75) is 45.4 Å². The highest BCUT2D eigenvalue weighted by Crippen LogP contribution is 2.20. The van der Waals surface area contributed by atoms with Crippen LogP contribution in [0.2, 0.25) is 0 Å². The maximum atomic E-state index is 13.1. The maximum absolute atomic E-state index is 13.1. The first-order valence-corrected chi connectivity index (χ1v) is 6.80. The zero-order valence-corrected chi connectivity index (χ0v) is 11.3. The zero-order valence-electron chi connectivity index (χ0n) is 11.3. The van der Waals surface area contributed by atoms with E-state index in [1.165, 1.54) is 25.3 Å². The van der Waals surface area contributed by atoms with Crippen LogP contribution in [0, 0.1) is 5.82 Å². The lowest BCUT2D eigenvalue weighted by Crippen LogP contribution is -2.05. The molecule has 0 aliphatic rings. The van der Waals surface area contributed by atoms with Crippen LogP contribution in [0.15, 0.2) is 18.2 Å². The first-order chi connectivity index (χ1) is 9.15. The van der Waals surface area contributed by atoms with E-state index in [9.17, 15) is 9.18 Å². The van der Waals surface area contributed by atoms with E-state index in [0.717, 1.165) is 31.4 Å². The van der Waals surface area contributed by atoms with E-state index in [2.05, 4.69) is 6.92 Å². The molecule has 0 atom stereocenters. The third-order valence-corrected chi connectivity index (χ3v) is 2.93. The highest BCUT2D eigenvalue weighted by atomic mass is 19.1. The topological polar surface area (TPSA) is 46.5 Å². The molecule has 0 amide bonds. The van der Waals surface area contributed by atoms with Crippen molar-refractivity contribution < 1.29 is 19.0 Å². The predicted molar refractivity (Wildman–Crippen MR) is 72.2 cm³/mol. The van der Waals surface area contributed by atoms with Crippen molar-refractivity contribution in [3.63, 3.8) is 0 Å². The Bertz CT molecular complexity index is 404. The first-order valence-electron chi connectivity index (χ1n) is 6.80. The molecule has 19 heavy (non-hydrogen) atoms. The van der Waals surface area contributed by atoms with Gasteiger partial charge in [0.1, 0.15) is 17.1 Å². The van der Waals surface area contributed by atoms with Crippen molar-refractivity contribution >= 4 is 5.97 Å². The monoisotopic (exact) mass is 268 g/mol. The molecule has 0 aliphatic heterocycles. The summed E-state index contributed by atoms with van der Waals surface area (Å²) in [4.78, 5) is 10.9. The van der Waals surface area contributed by atoms with Gasteiger partial charge in [0.05, 0.1) is 6.61 Å².